The van der Waals surface area contributed by atoms with Gasteiger partial charge in [-0.25, -0.2) is 9.59 Å². The molecule has 10 heteroatoms. The summed E-state index contributed by atoms with van der Waals surface area (Å²) in [5.41, 5.74) is 1.05. The van der Waals surface area contributed by atoms with Crippen molar-refractivity contribution in [1.82, 2.24) is 0 Å². The molecule has 8 nitrogen and oxygen atoms in total. The van der Waals surface area contributed by atoms with Crippen molar-refractivity contribution in [2.24, 2.45) is 0 Å². The highest BCUT2D eigenvalue weighted by molar-refractivity contribution is 9.10. The van der Waals surface area contributed by atoms with E-state index in [2.05, 4.69) is 15.9 Å². The lowest BCUT2D eigenvalue weighted by atomic mass is 10.0. The van der Waals surface area contributed by atoms with Gasteiger partial charge in [-0.15, -0.1) is 11.3 Å². The first-order valence-corrected chi connectivity index (χ1v) is 10.8. The molecule has 0 atom stereocenters. The SMILES string of the molecule is CCOC(=O)c1sc(CC(=O)/C(C#N)=C\c2ccc(OCC(=O)O)c(Br)c2)c(C#N)c1C. The van der Waals surface area contributed by atoms with Gasteiger partial charge >= 0.3 is 11.9 Å². The molecule has 0 unspecified atom stereocenters. The maximum atomic E-state index is 12.8. The highest BCUT2D eigenvalue weighted by Gasteiger charge is 2.23. The Morgan fingerprint density at radius 2 is 2.00 bits per heavy atom. The van der Waals surface area contributed by atoms with Crippen molar-refractivity contribution in [2.75, 3.05) is 13.2 Å². The number of thiophene rings is 1. The highest BCUT2D eigenvalue weighted by Crippen LogP contribution is 2.30. The van der Waals surface area contributed by atoms with Gasteiger partial charge in [0, 0.05) is 11.3 Å². The number of Topliss-reactive ketones (excluding diaryl/α,β-unsaturated/α-hetero) is 1. The van der Waals surface area contributed by atoms with Crippen molar-refractivity contribution in [2.45, 2.75) is 20.3 Å². The van der Waals surface area contributed by atoms with E-state index in [0.717, 1.165) is 11.3 Å². The minimum absolute atomic E-state index is 0.135. The zero-order valence-electron chi connectivity index (χ0n) is 17.1. The number of carboxylic acids is 1. The number of rotatable bonds is 9. The van der Waals surface area contributed by atoms with E-state index in [1.54, 1.807) is 26.0 Å². The first-order valence-electron chi connectivity index (χ1n) is 9.20. The lowest BCUT2D eigenvalue weighted by molar-refractivity contribution is -0.139. The molecule has 164 valence electrons. The summed E-state index contributed by atoms with van der Waals surface area (Å²) in [6.07, 6.45) is 1.17. The minimum atomic E-state index is -1.12. The molecule has 1 N–H and O–H groups in total. The first kappa shape index (κ1) is 24.8. The van der Waals surface area contributed by atoms with E-state index in [1.807, 2.05) is 12.1 Å². The second-order valence-electron chi connectivity index (χ2n) is 6.33. The molecule has 0 saturated carbocycles. The molecule has 1 aromatic carbocycles. The molecule has 0 spiro atoms. The number of hydrogen-bond donors (Lipinski definition) is 1. The van der Waals surface area contributed by atoms with Gasteiger partial charge in [-0.3, -0.25) is 4.79 Å². The Morgan fingerprint density at radius 1 is 1.28 bits per heavy atom. The van der Waals surface area contributed by atoms with Crippen molar-refractivity contribution in [1.29, 1.82) is 10.5 Å². The average Bonchev–Trinajstić information content (AvgIpc) is 3.06. The van der Waals surface area contributed by atoms with Gasteiger partial charge in [0.15, 0.2) is 12.4 Å². The van der Waals surface area contributed by atoms with Crippen molar-refractivity contribution < 1.29 is 29.0 Å². The first-order chi connectivity index (χ1) is 15.2. The summed E-state index contributed by atoms with van der Waals surface area (Å²) in [5.74, 6) is -1.89. The van der Waals surface area contributed by atoms with Gasteiger partial charge in [0.2, 0.25) is 0 Å². The summed E-state index contributed by atoms with van der Waals surface area (Å²) < 4.78 is 10.6. The fourth-order valence-electron chi connectivity index (χ4n) is 2.68. The molecule has 0 aliphatic rings. The number of hydrogen-bond acceptors (Lipinski definition) is 8. The van der Waals surface area contributed by atoms with Gasteiger partial charge in [-0.1, -0.05) is 6.07 Å². The molecule has 32 heavy (non-hydrogen) atoms. The van der Waals surface area contributed by atoms with Crippen LogP contribution in [0.1, 0.15) is 38.2 Å². The lowest BCUT2D eigenvalue weighted by Gasteiger charge is -2.06. The summed E-state index contributed by atoms with van der Waals surface area (Å²) in [4.78, 5) is 36.1. The summed E-state index contributed by atoms with van der Waals surface area (Å²) in [6.45, 7) is 2.96. The van der Waals surface area contributed by atoms with Gasteiger partial charge in [-0.05, 0) is 59.1 Å². The number of carbonyl (C=O) groups is 3. The maximum Gasteiger partial charge on any atom is 0.348 e. The van der Waals surface area contributed by atoms with Crippen LogP contribution in [0.25, 0.3) is 6.08 Å². The van der Waals surface area contributed by atoms with E-state index in [9.17, 15) is 24.9 Å². The van der Waals surface area contributed by atoms with Crippen LogP contribution in [0.4, 0.5) is 0 Å². The number of ether oxygens (including phenoxy) is 2. The predicted molar refractivity (Wildman–Crippen MR) is 119 cm³/mol. The Hall–Kier alpha value is -3.47. The number of allylic oxidation sites excluding steroid dienone is 1. The fourth-order valence-corrected chi connectivity index (χ4v) is 4.34. The van der Waals surface area contributed by atoms with Gasteiger partial charge < -0.3 is 14.6 Å². The number of benzene rings is 1. The third kappa shape index (κ3) is 6.03. The topological polar surface area (TPSA) is 137 Å². The number of ketones is 1. The van der Waals surface area contributed by atoms with Gasteiger partial charge in [0.1, 0.15) is 22.8 Å². The molecule has 1 heterocycles. The third-order valence-corrected chi connectivity index (χ3v) is 6.04. The van der Waals surface area contributed by atoms with Crippen LogP contribution in [0.5, 0.6) is 5.75 Å². The maximum absolute atomic E-state index is 12.8. The van der Waals surface area contributed by atoms with Crippen LogP contribution in [-0.4, -0.2) is 36.0 Å². The van der Waals surface area contributed by atoms with Crippen LogP contribution in [0.15, 0.2) is 28.2 Å². The van der Waals surface area contributed by atoms with Gasteiger partial charge in [-0.2, -0.15) is 10.5 Å². The van der Waals surface area contributed by atoms with E-state index in [0.29, 0.717) is 26.2 Å². The van der Waals surface area contributed by atoms with Gasteiger partial charge in [0.05, 0.1) is 22.2 Å². The van der Waals surface area contributed by atoms with Crippen LogP contribution in [-0.2, 0) is 20.7 Å². The molecule has 0 fully saturated rings. The second-order valence-corrected chi connectivity index (χ2v) is 8.29. The monoisotopic (exact) mass is 516 g/mol. The van der Waals surface area contributed by atoms with Crippen molar-refractivity contribution in [3.05, 3.63) is 54.7 Å². The molecular weight excluding hydrogens is 500 g/mol. The Kier molecular flexibility index (Phi) is 8.71. The fraction of sp³-hybridized carbons (Fsp3) is 0.227. The smallest absolute Gasteiger partial charge is 0.348 e. The molecule has 0 saturated heterocycles. The van der Waals surface area contributed by atoms with Crippen molar-refractivity contribution in [3.63, 3.8) is 0 Å². The number of aliphatic carboxylic acids is 1. The molecule has 0 aliphatic carbocycles. The van der Waals surface area contributed by atoms with E-state index >= 15 is 0 Å². The molecule has 0 amide bonds. The van der Waals surface area contributed by atoms with Crippen LogP contribution in [0, 0.1) is 29.6 Å². The summed E-state index contributed by atoms with van der Waals surface area (Å²) >= 11 is 4.27. The van der Waals surface area contributed by atoms with Crippen LogP contribution < -0.4 is 4.74 Å². The molecule has 0 bridgehead atoms. The third-order valence-electron chi connectivity index (χ3n) is 4.15. The van der Waals surface area contributed by atoms with E-state index in [-0.39, 0.29) is 29.0 Å². The number of carbonyl (C=O) groups excluding carboxylic acids is 2. The summed E-state index contributed by atoms with van der Waals surface area (Å²) in [5, 5.41) is 27.6. The number of nitrogens with zero attached hydrogens (tertiary/aromatic N) is 2. The summed E-state index contributed by atoms with van der Waals surface area (Å²) in [6, 6.07) is 8.54. The molecule has 2 aromatic rings. The molecule has 0 radical (unpaired) electrons. The van der Waals surface area contributed by atoms with Crippen LogP contribution >= 0.6 is 27.3 Å². The molecular formula is C22H17BrN2O6S. The van der Waals surface area contributed by atoms with E-state index < -0.39 is 24.3 Å². The largest absolute Gasteiger partial charge is 0.481 e. The highest BCUT2D eigenvalue weighted by atomic mass is 79.9. The molecule has 0 aliphatic heterocycles. The Balaban J connectivity index is 2.28. The zero-order chi connectivity index (χ0) is 23.8. The number of carboxylic acid groups (broad SMARTS) is 1. The summed E-state index contributed by atoms with van der Waals surface area (Å²) in [7, 11) is 0. The Morgan fingerprint density at radius 3 is 2.56 bits per heavy atom. The van der Waals surface area contributed by atoms with Crippen molar-refractivity contribution in [3.8, 4) is 17.9 Å². The normalized spacial score (nSPS) is 10.7. The predicted octanol–water partition coefficient (Wildman–Crippen LogP) is 4.05. The van der Waals surface area contributed by atoms with Crippen molar-refractivity contribution >= 4 is 51.1 Å². The quantitative estimate of drug-likeness (QED) is 0.299. The van der Waals surface area contributed by atoms with Crippen LogP contribution in [0.2, 0.25) is 0 Å². The Bertz CT molecular complexity index is 1190. The van der Waals surface area contributed by atoms with E-state index in [4.69, 9.17) is 14.6 Å². The standard InChI is InChI=1S/C22H17BrN2O6S/c1-3-30-22(29)21-12(2)15(10-25)19(32-21)8-17(26)14(9-24)6-13-4-5-18(16(23)7-13)31-11-20(27)28/h4-7H,3,8,11H2,1-2H3,(H,27,28)/b14-6-. The number of halogens is 1. The Labute approximate surface area is 196 Å². The zero-order valence-corrected chi connectivity index (χ0v) is 19.5. The molecule has 1 aromatic heterocycles. The molecule has 2 rings (SSSR count). The average molecular weight is 517 g/mol. The number of esters is 1. The number of nitriles is 2. The van der Waals surface area contributed by atoms with Gasteiger partial charge in [0.25, 0.3) is 0 Å². The lowest BCUT2D eigenvalue weighted by Crippen LogP contribution is -2.09. The second kappa shape index (κ2) is 11.2. The minimum Gasteiger partial charge on any atom is -0.481 e. The van der Waals surface area contributed by atoms with E-state index in [1.165, 1.54) is 12.1 Å². The van der Waals surface area contributed by atoms with Crippen LogP contribution in [0.3, 0.4) is 0 Å².